The number of aromatic nitrogens is 1. The van der Waals surface area contributed by atoms with E-state index in [0.29, 0.717) is 38.7 Å². The number of halogens is 1. The van der Waals surface area contributed by atoms with Gasteiger partial charge >= 0.3 is 5.97 Å². The zero-order chi connectivity index (χ0) is 29.9. The number of rotatable bonds is 9. The molecule has 4 heterocycles. The number of anilines is 1. The van der Waals surface area contributed by atoms with Gasteiger partial charge in [-0.3, -0.25) is 9.69 Å². The van der Waals surface area contributed by atoms with E-state index in [9.17, 15) is 9.90 Å². The summed E-state index contributed by atoms with van der Waals surface area (Å²) in [5, 5.41) is 12.5. The number of fused-ring (bicyclic) bond motifs is 1. The average molecular weight is 610 g/mol. The lowest BCUT2D eigenvalue weighted by atomic mass is 9.94. The molecule has 2 fully saturated rings. The van der Waals surface area contributed by atoms with Crippen LogP contribution < -0.4 is 9.64 Å². The summed E-state index contributed by atoms with van der Waals surface area (Å²) in [6, 6.07) is 10.2. The Balaban J connectivity index is 1.16. The number of hydrogen-bond donors (Lipinski definition) is 1. The molecule has 6 rings (SSSR count). The van der Waals surface area contributed by atoms with Crippen molar-refractivity contribution in [1.29, 1.82) is 0 Å². The second kappa shape index (κ2) is 13.3. The number of aliphatic carboxylic acids is 1. The summed E-state index contributed by atoms with van der Waals surface area (Å²) in [4.78, 5) is 21.2. The molecule has 1 aromatic heterocycles. The van der Waals surface area contributed by atoms with E-state index < -0.39 is 11.9 Å². The topological polar surface area (TPSA) is 84.4 Å². The van der Waals surface area contributed by atoms with E-state index in [-0.39, 0.29) is 18.5 Å². The van der Waals surface area contributed by atoms with E-state index in [1.165, 1.54) is 11.3 Å². The van der Waals surface area contributed by atoms with E-state index in [2.05, 4.69) is 15.9 Å². The first kappa shape index (κ1) is 30.0. The highest BCUT2D eigenvalue weighted by atomic mass is 32.1. The van der Waals surface area contributed by atoms with E-state index >= 15 is 4.39 Å². The number of ether oxygens (including phenoxy) is 3. The maximum Gasteiger partial charge on any atom is 0.309 e. The lowest BCUT2D eigenvalue weighted by molar-refractivity contribution is -0.148. The maximum atomic E-state index is 15.4. The molecule has 0 bridgehead atoms. The van der Waals surface area contributed by atoms with E-state index in [0.717, 1.165) is 83.4 Å². The molecule has 0 saturated carbocycles. The van der Waals surface area contributed by atoms with E-state index in [4.69, 9.17) is 19.2 Å². The standard InChI is InChI=1S/C33H40FN3O5S/c1-3-41-30-18-37(12-8-26(30)32(38)39)33-35-29(20-43-33)25-6-4-5-21(2)31(25)42-19-22-15-23-7-11-36(17-27(23)28(34)16-22)24-9-13-40-14-10-24/h4-6,15-16,20,24,26,30H,3,7-14,17-19H2,1-2H3,(H,38,39)/t26-,30+/m0/s1. The van der Waals surface area contributed by atoms with Crippen LogP contribution in [0.1, 0.15) is 48.4 Å². The molecular weight excluding hydrogens is 569 g/mol. The van der Waals surface area contributed by atoms with E-state index in [1.807, 2.05) is 37.4 Å². The quantitative estimate of drug-likeness (QED) is 0.331. The van der Waals surface area contributed by atoms with Gasteiger partial charge in [0.05, 0.1) is 17.7 Å². The van der Waals surface area contributed by atoms with Gasteiger partial charge in [-0.05, 0) is 68.4 Å². The third kappa shape index (κ3) is 6.57. The summed E-state index contributed by atoms with van der Waals surface area (Å²) >= 11 is 1.53. The minimum atomic E-state index is -0.810. The average Bonchev–Trinajstić information content (AvgIpc) is 3.51. The van der Waals surface area contributed by atoms with Crippen LogP contribution in [0.5, 0.6) is 5.75 Å². The van der Waals surface area contributed by atoms with Crippen LogP contribution in [0.3, 0.4) is 0 Å². The number of hydrogen-bond acceptors (Lipinski definition) is 8. The van der Waals surface area contributed by atoms with Gasteiger partial charge in [0.15, 0.2) is 5.13 Å². The molecule has 3 aliphatic heterocycles. The molecule has 0 radical (unpaired) electrons. The molecule has 0 amide bonds. The van der Waals surface area contributed by atoms with E-state index in [1.54, 1.807) is 6.07 Å². The predicted molar refractivity (Wildman–Crippen MR) is 164 cm³/mol. The van der Waals surface area contributed by atoms with Gasteiger partial charge < -0.3 is 24.2 Å². The van der Waals surface area contributed by atoms with Gasteiger partial charge in [0.2, 0.25) is 0 Å². The highest BCUT2D eigenvalue weighted by Gasteiger charge is 2.36. The SMILES string of the molecule is CCO[C@@H]1CN(c2nc(-c3cccc(C)c3OCc3cc(F)c4c(c3)CCN(C3CCOCC3)C4)cs2)CC[C@@H]1C(=O)O. The molecule has 3 aromatic rings. The summed E-state index contributed by atoms with van der Waals surface area (Å²) in [6.45, 7) is 8.90. The Morgan fingerprint density at radius 1 is 1.21 bits per heavy atom. The molecule has 2 aromatic carbocycles. The number of carboxylic acid groups (broad SMARTS) is 1. The van der Waals surface area contributed by atoms with Gasteiger partial charge in [-0.1, -0.05) is 18.2 Å². The number of nitrogens with zero attached hydrogens (tertiary/aromatic N) is 3. The van der Waals surface area contributed by atoms with Crippen LogP contribution in [0.15, 0.2) is 35.7 Å². The van der Waals surface area contributed by atoms with Crippen LogP contribution in [0.25, 0.3) is 11.3 Å². The Hall–Kier alpha value is -3.05. The first-order valence-corrected chi connectivity index (χ1v) is 16.2. The van der Waals surface area contributed by atoms with Crippen molar-refractivity contribution in [2.24, 2.45) is 5.92 Å². The fraction of sp³-hybridized carbons (Fsp3) is 0.515. The number of piperidine rings is 1. The lowest BCUT2D eigenvalue weighted by Crippen LogP contribution is -2.48. The highest BCUT2D eigenvalue weighted by molar-refractivity contribution is 7.14. The van der Waals surface area contributed by atoms with Crippen molar-refractivity contribution in [1.82, 2.24) is 9.88 Å². The number of aryl methyl sites for hydroxylation is 1. The Bertz CT molecular complexity index is 1440. The van der Waals surface area contributed by atoms with Crippen molar-refractivity contribution in [3.63, 3.8) is 0 Å². The first-order chi connectivity index (χ1) is 20.9. The number of para-hydroxylation sites is 1. The molecule has 1 N–H and O–H groups in total. The molecule has 230 valence electrons. The van der Waals surface area contributed by atoms with Gasteiger partial charge in [-0.15, -0.1) is 11.3 Å². The molecular formula is C33H40FN3O5S. The Labute approximate surface area is 256 Å². The number of benzene rings is 2. The third-order valence-electron chi connectivity index (χ3n) is 8.98. The monoisotopic (exact) mass is 609 g/mol. The van der Waals surface area contributed by atoms with Crippen LogP contribution >= 0.6 is 11.3 Å². The predicted octanol–water partition coefficient (Wildman–Crippen LogP) is 5.69. The Morgan fingerprint density at radius 2 is 2.05 bits per heavy atom. The molecule has 2 atom stereocenters. The summed E-state index contributed by atoms with van der Waals surface area (Å²) in [7, 11) is 0. The minimum absolute atomic E-state index is 0.154. The molecule has 8 nitrogen and oxygen atoms in total. The first-order valence-electron chi connectivity index (χ1n) is 15.3. The molecule has 0 unspecified atom stereocenters. The van der Waals surface area contributed by atoms with Crippen LogP contribution in [-0.2, 0) is 33.8 Å². The fourth-order valence-corrected chi connectivity index (χ4v) is 7.50. The maximum absolute atomic E-state index is 15.4. The second-order valence-electron chi connectivity index (χ2n) is 11.7. The van der Waals surface area contributed by atoms with Gasteiger partial charge in [0.25, 0.3) is 0 Å². The molecule has 10 heteroatoms. The number of thiazole rings is 1. The molecule has 0 spiro atoms. The van der Waals surface area contributed by atoms with Crippen molar-refractivity contribution >= 4 is 22.4 Å². The summed E-state index contributed by atoms with van der Waals surface area (Å²) in [5.41, 5.74) is 5.38. The van der Waals surface area contributed by atoms with Crippen LogP contribution in [0.2, 0.25) is 0 Å². The van der Waals surface area contributed by atoms with Crippen molar-refractivity contribution in [2.75, 3.05) is 44.4 Å². The van der Waals surface area contributed by atoms with Crippen molar-refractivity contribution in [2.45, 2.75) is 64.8 Å². The van der Waals surface area contributed by atoms with Crippen LogP contribution in [0.4, 0.5) is 9.52 Å². The number of carboxylic acids is 1. The minimum Gasteiger partial charge on any atom is -0.488 e. The van der Waals surface area contributed by atoms with Crippen molar-refractivity contribution in [3.05, 3.63) is 63.8 Å². The van der Waals surface area contributed by atoms with Crippen molar-refractivity contribution < 1.29 is 28.5 Å². The zero-order valence-electron chi connectivity index (χ0n) is 24.9. The molecule has 2 saturated heterocycles. The smallest absolute Gasteiger partial charge is 0.309 e. The Morgan fingerprint density at radius 3 is 2.84 bits per heavy atom. The van der Waals surface area contributed by atoms with Gasteiger partial charge in [-0.25, -0.2) is 9.37 Å². The van der Waals surface area contributed by atoms with Gasteiger partial charge in [0, 0.05) is 68.5 Å². The largest absolute Gasteiger partial charge is 0.488 e. The number of carbonyl (C=O) groups is 1. The summed E-state index contributed by atoms with van der Waals surface area (Å²) in [6.07, 6.45) is 3.00. The summed E-state index contributed by atoms with van der Waals surface area (Å²) in [5.74, 6) is -0.735. The second-order valence-corrected chi connectivity index (χ2v) is 12.5. The zero-order valence-corrected chi connectivity index (χ0v) is 25.7. The molecule has 43 heavy (non-hydrogen) atoms. The van der Waals surface area contributed by atoms with Crippen LogP contribution in [0, 0.1) is 18.7 Å². The lowest BCUT2D eigenvalue weighted by Gasteiger charge is -2.37. The third-order valence-corrected chi connectivity index (χ3v) is 9.88. The van der Waals surface area contributed by atoms with Crippen molar-refractivity contribution in [3.8, 4) is 17.0 Å². The normalized spacial score (nSPS) is 21.5. The fourth-order valence-electron chi connectivity index (χ4n) is 6.64. The highest BCUT2D eigenvalue weighted by Crippen LogP contribution is 2.37. The van der Waals surface area contributed by atoms with Gasteiger partial charge in [0.1, 0.15) is 18.2 Å². The molecule has 3 aliphatic rings. The van der Waals surface area contributed by atoms with Gasteiger partial charge in [-0.2, -0.15) is 0 Å². The summed E-state index contributed by atoms with van der Waals surface area (Å²) < 4.78 is 33.1. The Kier molecular flexibility index (Phi) is 9.28. The molecule has 0 aliphatic carbocycles. The van der Waals surface area contributed by atoms with Crippen LogP contribution in [-0.4, -0.2) is 72.6 Å².